The highest BCUT2D eigenvalue weighted by atomic mass is 16.2. The number of amides is 2. The molecule has 1 saturated carbocycles. The van der Waals surface area contributed by atoms with Gasteiger partial charge in [-0.05, 0) is 30.6 Å². The largest absolute Gasteiger partial charge is 0.370 e. The number of carbonyl (C=O) groups is 2. The van der Waals surface area contributed by atoms with Crippen LogP contribution in [-0.4, -0.2) is 42.3 Å². The molecule has 2 amide bonds. The van der Waals surface area contributed by atoms with Crippen LogP contribution in [0.3, 0.4) is 0 Å². The fourth-order valence-corrected chi connectivity index (χ4v) is 3.97. The zero-order chi connectivity index (χ0) is 16.6. The van der Waals surface area contributed by atoms with E-state index < -0.39 is 0 Å². The van der Waals surface area contributed by atoms with Gasteiger partial charge in [-0.3, -0.25) is 19.5 Å². The van der Waals surface area contributed by atoms with Gasteiger partial charge >= 0.3 is 0 Å². The summed E-state index contributed by atoms with van der Waals surface area (Å²) in [6.07, 6.45) is 5.91. The molecule has 2 fully saturated rings. The first-order chi connectivity index (χ1) is 11.0. The van der Waals surface area contributed by atoms with E-state index in [1.165, 1.54) is 4.90 Å². The van der Waals surface area contributed by atoms with Crippen LogP contribution in [-0.2, 0) is 9.59 Å². The van der Waals surface area contributed by atoms with Crippen molar-refractivity contribution in [2.45, 2.75) is 26.7 Å². The SMILES string of the molecule is CC(C)CN=C(N)NCCCN1C(=O)C2C3C=CC(C3)C2C1=O. The summed E-state index contributed by atoms with van der Waals surface area (Å²) in [6, 6.07) is 0. The van der Waals surface area contributed by atoms with Gasteiger partial charge in [-0.1, -0.05) is 26.0 Å². The number of imide groups is 1. The van der Waals surface area contributed by atoms with Gasteiger partial charge in [0, 0.05) is 19.6 Å². The van der Waals surface area contributed by atoms with Crippen LogP contribution in [0.4, 0.5) is 0 Å². The van der Waals surface area contributed by atoms with E-state index in [4.69, 9.17) is 5.73 Å². The Labute approximate surface area is 137 Å². The molecule has 6 nitrogen and oxygen atoms in total. The number of hydrogen-bond donors (Lipinski definition) is 2. The Balaban J connectivity index is 1.46. The molecule has 1 saturated heterocycles. The number of likely N-dealkylation sites (tertiary alicyclic amines) is 1. The highest BCUT2D eigenvalue weighted by Crippen LogP contribution is 2.52. The number of hydrogen-bond acceptors (Lipinski definition) is 3. The van der Waals surface area contributed by atoms with E-state index in [9.17, 15) is 9.59 Å². The molecule has 0 radical (unpaired) electrons. The van der Waals surface area contributed by atoms with Crippen LogP contribution >= 0.6 is 0 Å². The number of nitrogens with zero attached hydrogens (tertiary/aromatic N) is 2. The molecular formula is C17H26N4O2. The van der Waals surface area contributed by atoms with Gasteiger partial charge in [0.15, 0.2) is 5.96 Å². The molecule has 1 aliphatic heterocycles. The summed E-state index contributed by atoms with van der Waals surface area (Å²) >= 11 is 0. The number of rotatable bonds is 6. The standard InChI is InChI=1S/C17H26N4O2/c1-10(2)9-20-17(18)19-6-3-7-21-15(22)13-11-4-5-12(8-11)14(13)16(21)23/h4-5,10-14H,3,6-9H2,1-2H3,(H3,18,19,20). The molecule has 3 N–H and O–H groups in total. The van der Waals surface area contributed by atoms with Gasteiger partial charge in [-0.15, -0.1) is 0 Å². The van der Waals surface area contributed by atoms with Crippen molar-refractivity contribution in [1.82, 2.24) is 10.2 Å². The molecule has 0 aromatic rings. The van der Waals surface area contributed by atoms with Crippen molar-refractivity contribution in [1.29, 1.82) is 0 Å². The normalized spacial score (nSPS) is 32.3. The van der Waals surface area contributed by atoms with Gasteiger partial charge in [0.25, 0.3) is 0 Å². The Hall–Kier alpha value is -1.85. The van der Waals surface area contributed by atoms with Crippen molar-refractivity contribution >= 4 is 17.8 Å². The minimum atomic E-state index is -0.0943. The number of nitrogens with two attached hydrogens (primary N) is 1. The fraction of sp³-hybridized carbons (Fsp3) is 0.706. The van der Waals surface area contributed by atoms with Gasteiger partial charge in [-0.25, -0.2) is 0 Å². The van der Waals surface area contributed by atoms with Crippen molar-refractivity contribution in [3.63, 3.8) is 0 Å². The smallest absolute Gasteiger partial charge is 0.233 e. The number of guanidine groups is 1. The molecule has 2 aliphatic carbocycles. The van der Waals surface area contributed by atoms with Crippen LogP contribution in [0, 0.1) is 29.6 Å². The number of allylic oxidation sites excluding steroid dienone is 2. The number of fused-ring (bicyclic) bond motifs is 5. The Morgan fingerprint density at radius 2 is 1.91 bits per heavy atom. The van der Waals surface area contributed by atoms with Crippen LogP contribution < -0.4 is 11.1 Å². The van der Waals surface area contributed by atoms with Gasteiger partial charge in [0.05, 0.1) is 11.8 Å². The predicted molar refractivity (Wildman–Crippen MR) is 88.4 cm³/mol. The number of aliphatic imine (C=N–C) groups is 1. The highest BCUT2D eigenvalue weighted by molar-refractivity contribution is 6.06. The summed E-state index contributed by atoms with van der Waals surface area (Å²) in [5, 5.41) is 3.04. The van der Waals surface area contributed by atoms with E-state index in [0.29, 0.717) is 37.9 Å². The van der Waals surface area contributed by atoms with Crippen molar-refractivity contribution in [3.05, 3.63) is 12.2 Å². The first-order valence-corrected chi connectivity index (χ1v) is 8.56. The van der Waals surface area contributed by atoms with Crippen molar-refractivity contribution in [2.24, 2.45) is 40.3 Å². The highest BCUT2D eigenvalue weighted by Gasteiger charge is 2.58. The van der Waals surface area contributed by atoms with E-state index >= 15 is 0 Å². The second kappa shape index (κ2) is 6.34. The van der Waals surface area contributed by atoms with Crippen LogP contribution in [0.1, 0.15) is 26.7 Å². The summed E-state index contributed by atoms with van der Waals surface area (Å²) in [7, 11) is 0. The van der Waals surface area contributed by atoms with E-state index in [1.807, 2.05) is 0 Å². The molecule has 0 aromatic heterocycles. The van der Waals surface area contributed by atoms with Gasteiger partial charge < -0.3 is 11.1 Å². The van der Waals surface area contributed by atoms with Gasteiger partial charge in [0.1, 0.15) is 0 Å². The predicted octanol–water partition coefficient (Wildman–Crippen LogP) is 0.744. The first-order valence-electron chi connectivity index (χ1n) is 8.56. The zero-order valence-corrected chi connectivity index (χ0v) is 13.9. The maximum Gasteiger partial charge on any atom is 0.233 e. The van der Waals surface area contributed by atoms with Crippen molar-refractivity contribution in [2.75, 3.05) is 19.6 Å². The Kier molecular flexibility index (Phi) is 4.41. The summed E-state index contributed by atoms with van der Waals surface area (Å²) in [4.78, 5) is 30.7. The van der Waals surface area contributed by atoms with E-state index in [1.54, 1.807) is 0 Å². The molecule has 3 aliphatic rings. The van der Waals surface area contributed by atoms with Crippen LogP contribution in [0.25, 0.3) is 0 Å². The lowest BCUT2D eigenvalue weighted by molar-refractivity contribution is -0.140. The van der Waals surface area contributed by atoms with Crippen LogP contribution in [0.5, 0.6) is 0 Å². The zero-order valence-electron chi connectivity index (χ0n) is 13.9. The van der Waals surface area contributed by atoms with Crippen LogP contribution in [0.15, 0.2) is 17.1 Å². The lowest BCUT2D eigenvalue weighted by Gasteiger charge is -2.17. The minimum Gasteiger partial charge on any atom is -0.370 e. The average molecular weight is 318 g/mol. The van der Waals surface area contributed by atoms with Gasteiger partial charge in [-0.2, -0.15) is 0 Å². The third kappa shape index (κ3) is 2.99. The monoisotopic (exact) mass is 318 g/mol. The lowest BCUT2D eigenvalue weighted by atomic mass is 9.85. The molecule has 4 atom stereocenters. The molecule has 4 unspecified atom stereocenters. The fourth-order valence-electron chi connectivity index (χ4n) is 3.97. The Morgan fingerprint density at radius 1 is 1.30 bits per heavy atom. The molecule has 0 spiro atoms. The summed E-state index contributed by atoms with van der Waals surface area (Å²) in [5.74, 6) is 1.32. The molecule has 23 heavy (non-hydrogen) atoms. The van der Waals surface area contributed by atoms with E-state index in [2.05, 4.69) is 36.3 Å². The quantitative estimate of drug-likeness (QED) is 0.249. The topological polar surface area (TPSA) is 87.8 Å². The Morgan fingerprint density at radius 3 is 2.48 bits per heavy atom. The summed E-state index contributed by atoms with van der Waals surface area (Å²) in [6.45, 7) is 5.95. The molecule has 1 heterocycles. The van der Waals surface area contributed by atoms with Crippen LogP contribution in [0.2, 0.25) is 0 Å². The van der Waals surface area contributed by atoms with Crippen molar-refractivity contribution < 1.29 is 9.59 Å². The average Bonchev–Trinajstić information content (AvgIpc) is 3.17. The lowest BCUT2D eigenvalue weighted by Crippen LogP contribution is -2.37. The molecule has 3 rings (SSSR count). The maximum atomic E-state index is 12.5. The minimum absolute atomic E-state index is 0.0262. The number of nitrogens with one attached hydrogen (secondary N) is 1. The summed E-state index contributed by atoms with van der Waals surface area (Å²) < 4.78 is 0. The third-order valence-electron chi connectivity index (χ3n) is 5.05. The van der Waals surface area contributed by atoms with E-state index in [0.717, 1.165) is 6.42 Å². The number of carbonyl (C=O) groups excluding carboxylic acids is 2. The second-order valence-corrected chi connectivity index (χ2v) is 7.23. The molecule has 6 heteroatoms. The second-order valence-electron chi connectivity index (χ2n) is 7.23. The Bertz CT molecular complexity index is 525. The molecule has 0 aromatic carbocycles. The van der Waals surface area contributed by atoms with Crippen molar-refractivity contribution in [3.8, 4) is 0 Å². The first kappa shape index (κ1) is 16.0. The van der Waals surface area contributed by atoms with Gasteiger partial charge in [0.2, 0.25) is 11.8 Å². The third-order valence-corrected chi connectivity index (χ3v) is 5.05. The molecule has 126 valence electrons. The maximum absolute atomic E-state index is 12.5. The molecule has 2 bridgehead atoms. The summed E-state index contributed by atoms with van der Waals surface area (Å²) in [5.41, 5.74) is 5.77. The molecular weight excluding hydrogens is 292 g/mol. The van der Waals surface area contributed by atoms with E-state index in [-0.39, 0.29) is 35.5 Å².